The van der Waals surface area contributed by atoms with Gasteiger partial charge in [0.2, 0.25) is 5.95 Å². The Balaban J connectivity index is 1.26. The second-order valence-electron chi connectivity index (χ2n) is 9.78. The number of benzene rings is 1. The minimum atomic E-state index is -4.78. The monoisotopic (exact) mass is 517 g/mol. The second-order valence-corrected chi connectivity index (χ2v) is 9.78. The molecule has 2 fully saturated rings. The normalized spacial score (nSPS) is 20.7. The molecule has 200 valence electrons. The molecule has 1 saturated heterocycles. The predicted molar refractivity (Wildman–Crippen MR) is 135 cm³/mol. The van der Waals surface area contributed by atoms with Crippen LogP contribution in [0, 0.1) is 23.2 Å². The molecule has 0 radical (unpaired) electrons. The van der Waals surface area contributed by atoms with Gasteiger partial charge >= 0.3 is 6.36 Å². The number of alkyl halides is 3. The van der Waals surface area contributed by atoms with Crippen LogP contribution in [-0.2, 0) is 6.54 Å². The van der Waals surface area contributed by atoms with E-state index in [1.165, 1.54) is 37.2 Å². The van der Waals surface area contributed by atoms with Crippen molar-refractivity contribution in [2.75, 3.05) is 36.8 Å². The summed E-state index contributed by atoms with van der Waals surface area (Å²) in [5.74, 6) is 1.62. The van der Waals surface area contributed by atoms with Gasteiger partial charge in [0.1, 0.15) is 23.2 Å². The second kappa shape index (κ2) is 12.9. The van der Waals surface area contributed by atoms with Gasteiger partial charge in [0.05, 0.1) is 6.20 Å². The number of hydrogen-bond donors (Lipinski definition) is 4. The molecule has 0 amide bonds. The third-order valence-electron chi connectivity index (χ3n) is 7.10. The summed E-state index contributed by atoms with van der Waals surface area (Å²) in [7, 11) is 0. The maximum absolute atomic E-state index is 12.7. The van der Waals surface area contributed by atoms with Crippen molar-refractivity contribution in [3.05, 3.63) is 41.6 Å². The Kier molecular flexibility index (Phi) is 9.41. The minimum Gasteiger partial charge on any atom is -0.405 e. The summed E-state index contributed by atoms with van der Waals surface area (Å²) in [5, 5.41) is 22.9. The van der Waals surface area contributed by atoms with Crippen LogP contribution in [0.2, 0.25) is 0 Å². The van der Waals surface area contributed by atoms with Gasteiger partial charge in [0.15, 0.2) is 0 Å². The Morgan fingerprint density at radius 1 is 1.00 bits per heavy atom. The molecule has 0 spiro atoms. The molecule has 4 N–H and O–H groups in total. The van der Waals surface area contributed by atoms with Crippen molar-refractivity contribution >= 4 is 11.8 Å². The van der Waals surface area contributed by atoms with Crippen LogP contribution in [0.15, 0.2) is 30.5 Å². The van der Waals surface area contributed by atoms with Gasteiger partial charge in [-0.15, -0.1) is 13.2 Å². The van der Waals surface area contributed by atoms with E-state index >= 15 is 0 Å². The van der Waals surface area contributed by atoms with E-state index in [0.717, 1.165) is 51.2 Å². The molecule has 1 saturated carbocycles. The molecule has 37 heavy (non-hydrogen) atoms. The standard InChI is InChI=1S/C26H34F3N7O/c27-26(28,29)37-23-4-2-1-3-20(23)16-34-25-35-17-21(13-30)24(36-25)33-15-18-5-7-22(8-6-18)32-14-19-9-11-31-12-10-19/h1-4,17-19,22,31-32H,5-12,14-16H2,(H2,33,34,35,36). The SMILES string of the molecule is N#Cc1cnc(NCc2ccccc2OC(F)(F)F)nc1NCC1CCC(NCC2CCNCC2)CC1. The summed E-state index contributed by atoms with van der Waals surface area (Å²) >= 11 is 0. The number of nitriles is 1. The number of aromatic nitrogens is 2. The lowest BCUT2D eigenvalue weighted by atomic mass is 9.85. The van der Waals surface area contributed by atoms with E-state index in [9.17, 15) is 18.4 Å². The number of piperidine rings is 1. The van der Waals surface area contributed by atoms with E-state index in [2.05, 4.69) is 42.0 Å². The summed E-state index contributed by atoms with van der Waals surface area (Å²) < 4.78 is 42.2. The molecule has 1 aliphatic carbocycles. The lowest BCUT2D eigenvalue weighted by molar-refractivity contribution is -0.274. The van der Waals surface area contributed by atoms with E-state index in [-0.39, 0.29) is 18.2 Å². The Morgan fingerprint density at radius 3 is 2.46 bits per heavy atom. The number of para-hydroxylation sites is 1. The first kappa shape index (κ1) is 26.9. The number of nitrogens with zero attached hydrogens (tertiary/aromatic N) is 3. The lowest BCUT2D eigenvalue weighted by Crippen LogP contribution is -2.40. The summed E-state index contributed by atoms with van der Waals surface area (Å²) in [4.78, 5) is 8.54. The zero-order valence-electron chi connectivity index (χ0n) is 20.8. The Bertz CT molecular complexity index is 1050. The van der Waals surface area contributed by atoms with Crippen LogP contribution in [-0.4, -0.2) is 48.6 Å². The van der Waals surface area contributed by atoms with E-state index in [1.54, 1.807) is 6.07 Å². The molecular weight excluding hydrogens is 483 g/mol. The molecule has 1 aliphatic heterocycles. The van der Waals surface area contributed by atoms with Crippen LogP contribution in [0.4, 0.5) is 24.9 Å². The highest BCUT2D eigenvalue weighted by Crippen LogP contribution is 2.28. The smallest absolute Gasteiger partial charge is 0.405 e. The largest absolute Gasteiger partial charge is 0.573 e. The topological polar surface area (TPSA) is 107 Å². The van der Waals surface area contributed by atoms with Crippen LogP contribution in [0.25, 0.3) is 0 Å². The van der Waals surface area contributed by atoms with Gasteiger partial charge in [-0.25, -0.2) is 4.98 Å². The molecule has 4 rings (SSSR count). The van der Waals surface area contributed by atoms with Crippen molar-refractivity contribution in [3.63, 3.8) is 0 Å². The average Bonchev–Trinajstić information content (AvgIpc) is 2.90. The van der Waals surface area contributed by atoms with Crippen LogP contribution < -0.4 is 26.0 Å². The molecule has 0 bridgehead atoms. The molecule has 11 heteroatoms. The van der Waals surface area contributed by atoms with Crippen LogP contribution in [0.5, 0.6) is 5.75 Å². The van der Waals surface area contributed by atoms with E-state index in [1.807, 2.05) is 0 Å². The molecule has 2 aliphatic rings. The first-order valence-electron chi connectivity index (χ1n) is 12.9. The van der Waals surface area contributed by atoms with Crippen molar-refractivity contribution in [2.24, 2.45) is 11.8 Å². The van der Waals surface area contributed by atoms with E-state index < -0.39 is 6.36 Å². The summed E-state index contributed by atoms with van der Waals surface area (Å²) in [6.45, 7) is 4.08. The summed E-state index contributed by atoms with van der Waals surface area (Å²) in [5.41, 5.74) is 0.636. The van der Waals surface area contributed by atoms with Crippen molar-refractivity contribution in [1.29, 1.82) is 5.26 Å². The van der Waals surface area contributed by atoms with Gasteiger partial charge in [0.25, 0.3) is 0 Å². The van der Waals surface area contributed by atoms with Crippen LogP contribution in [0.3, 0.4) is 0 Å². The Hall–Kier alpha value is -3.10. The Morgan fingerprint density at radius 2 is 1.73 bits per heavy atom. The van der Waals surface area contributed by atoms with E-state index in [4.69, 9.17) is 0 Å². The number of hydrogen-bond acceptors (Lipinski definition) is 8. The fraction of sp³-hybridized carbons (Fsp3) is 0.577. The fourth-order valence-electron chi connectivity index (χ4n) is 4.96. The zero-order valence-corrected chi connectivity index (χ0v) is 20.8. The van der Waals surface area contributed by atoms with E-state index in [0.29, 0.717) is 35.4 Å². The highest BCUT2D eigenvalue weighted by molar-refractivity contribution is 5.53. The molecule has 2 heterocycles. The van der Waals surface area contributed by atoms with Gasteiger partial charge in [-0.2, -0.15) is 10.2 Å². The molecule has 0 atom stereocenters. The predicted octanol–water partition coefficient (Wildman–Crippen LogP) is 4.42. The van der Waals surface area contributed by atoms with Gasteiger partial charge in [-0.05, 0) is 76.1 Å². The maximum atomic E-state index is 12.7. The maximum Gasteiger partial charge on any atom is 0.573 e. The third-order valence-corrected chi connectivity index (χ3v) is 7.10. The quantitative estimate of drug-likeness (QED) is 0.367. The lowest BCUT2D eigenvalue weighted by Gasteiger charge is -2.31. The first-order chi connectivity index (χ1) is 17.9. The van der Waals surface area contributed by atoms with Gasteiger partial charge in [-0.3, -0.25) is 0 Å². The van der Waals surface area contributed by atoms with Crippen molar-refractivity contribution in [3.8, 4) is 11.8 Å². The van der Waals surface area contributed by atoms with Gasteiger partial charge < -0.3 is 26.0 Å². The third kappa shape index (κ3) is 8.47. The zero-order chi connectivity index (χ0) is 26.1. The highest BCUT2D eigenvalue weighted by Gasteiger charge is 2.32. The van der Waals surface area contributed by atoms with Crippen LogP contribution in [0.1, 0.15) is 49.7 Å². The molecule has 2 aromatic rings. The summed E-state index contributed by atoms with van der Waals surface area (Å²) in [6, 6.07) is 8.57. The van der Waals surface area contributed by atoms with Crippen LogP contribution >= 0.6 is 0 Å². The minimum absolute atomic E-state index is 0.0337. The molecule has 8 nitrogen and oxygen atoms in total. The van der Waals surface area contributed by atoms with Gasteiger partial charge in [-0.1, -0.05) is 18.2 Å². The fourth-order valence-corrected chi connectivity index (χ4v) is 4.96. The number of nitrogens with one attached hydrogen (secondary N) is 4. The van der Waals surface area contributed by atoms with Crippen molar-refractivity contribution < 1.29 is 17.9 Å². The number of ether oxygens (including phenoxy) is 1. The Labute approximate surface area is 215 Å². The average molecular weight is 518 g/mol. The number of rotatable bonds is 10. The number of halogens is 3. The molecular formula is C26H34F3N7O. The first-order valence-corrected chi connectivity index (χ1v) is 12.9. The van der Waals surface area contributed by atoms with Crippen molar-refractivity contribution in [1.82, 2.24) is 20.6 Å². The van der Waals surface area contributed by atoms with Gasteiger partial charge in [0, 0.05) is 24.7 Å². The molecule has 1 aromatic heterocycles. The molecule has 0 unspecified atom stereocenters. The number of anilines is 2. The summed E-state index contributed by atoms with van der Waals surface area (Å²) in [6.07, 6.45) is 3.61. The molecule has 1 aromatic carbocycles. The van der Waals surface area contributed by atoms with Crippen molar-refractivity contribution in [2.45, 2.75) is 57.5 Å². The highest BCUT2D eigenvalue weighted by atomic mass is 19.4.